The summed E-state index contributed by atoms with van der Waals surface area (Å²) in [6, 6.07) is 0. The molecule has 17 heavy (non-hydrogen) atoms. The number of hydrogen-bond donors (Lipinski definition) is 1. The van der Waals surface area contributed by atoms with Crippen molar-refractivity contribution in [3.63, 3.8) is 0 Å². The third-order valence-corrected chi connectivity index (χ3v) is 3.84. The third kappa shape index (κ3) is 4.57. The Labute approximate surface area is 111 Å². The van der Waals surface area contributed by atoms with Crippen LogP contribution in [0.4, 0.5) is 0 Å². The van der Waals surface area contributed by atoms with E-state index in [0.29, 0.717) is 13.0 Å². The molecule has 0 aliphatic carbocycles. The van der Waals surface area contributed by atoms with Gasteiger partial charge in [-0.05, 0) is 25.6 Å². The first-order valence-electron chi connectivity index (χ1n) is 5.46. The number of nitrogens with one attached hydrogen (secondary N) is 1. The predicted octanol–water partition coefficient (Wildman–Crippen LogP) is 2.15. The smallest absolute Gasteiger partial charge is 0.227 e. The van der Waals surface area contributed by atoms with Gasteiger partial charge in [0.05, 0.1) is 6.42 Å². The van der Waals surface area contributed by atoms with Gasteiger partial charge in [0.2, 0.25) is 5.91 Å². The molecule has 1 amide bonds. The number of carbonyl (C=O) groups is 1. The summed E-state index contributed by atoms with van der Waals surface area (Å²) in [5, 5.41) is 0. The maximum Gasteiger partial charge on any atom is 0.227 e. The molecular weight excluding hydrogens is 256 g/mol. The van der Waals surface area contributed by atoms with Crippen molar-refractivity contribution in [3.8, 4) is 0 Å². The lowest BCUT2D eigenvalue weighted by atomic mass is 10.2. The van der Waals surface area contributed by atoms with Crippen molar-refractivity contribution in [1.29, 1.82) is 0 Å². The number of hydrogen-bond acceptors (Lipinski definition) is 4. The first kappa shape index (κ1) is 14.3. The molecule has 0 unspecified atom stereocenters. The molecule has 0 fully saturated rings. The van der Waals surface area contributed by atoms with Crippen LogP contribution in [0.3, 0.4) is 0 Å². The number of thiazole rings is 1. The standard InChI is InChI=1S/C11H18N2O2S2/c1-8-9(17-11(16)12-8)7-10(14)13(2)5-4-6-15-3/h4-7H2,1-3H3,(H,12,16). The fourth-order valence-electron chi connectivity index (χ4n) is 1.45. The Morgan fingerprint density at radius 2 is 2.29 bits per heavy atom. The van der Waals surface area contributed by atoms with E-state index in [9.17, 15) is 4.79 Å². The van der Waals surface area contributed by atoms with Crippen molar-refractivity contribution >= 4 is 29.5 Å². The van der Waals surface area contributed by atoms with Crippen LogP contribution in [0.25, 0.3) is 0 Å². The average Bonchev–Trinajstić information content (AvgIpc) is 2.57. The van der Waals surface area contributed by atoms with Gasteiger partial charge in [-0.25, -0.2) is 0 Å². The van der Waals surface area contributed by atoms with E-state index in [2.05, 4.69) is 4.98 Å². The maximum atomic E-state index is 11.9. The number of likely N-dealkylation sites (N-methyl/N-ethyl adjacent to an activating group) is 1. The van der Waals surface area contributed by atoms with E-state index >= 15 is 0 Å². The highest BCUT2D eigenvalue weighted by Gasteiger charge is 2.12. The van der Waals surface area contributed by atoms with Crippen molar-refractivity contribution < 1.29 is 9.53 Å². The SMILES string of the molecule is COCCCN(C)C(=O)Cc1sc(=S)[nH]c1C. The quantitative estimate of drug-likeness (QED) is 0.638. The van der Waals surface area contributed by atoms with Crippen LogP contribution in [0.2, 0.25) is 0 Å². The third-order valence-electron chi connectivity index (χ3n) is 2.50. The topological polar surface area (TPSA) is 45.3 Å². The first-order chi connectivity index (χ1) is 8.04. The lowest BCUT2D eigenvalue weighted by Gasteiger charge is -2.16. The summed E-state index contributed by atoms with van der Waals surface area (Å²) in [5.74, 6) is 0.120. The van der Waals surface area contributed by atoms with Gasteiger partial charge in [0.1, 0.15) is 0 Å². The number of aryl methyl sites for hydroxylation is 1. The largest absolute Gasteiger partial charge is 0.385 e. The molecule has 1 rings (SSSR count). The minimum absolute atomic E-state index is 0.120. The number of aromatic nitrogens is 1. The highest BCUT2D eigenvalue weighted by atomic mass is 32.1. The van der Waals surface area contributed by atoms with Gasteiger partial charge >= 0.3 is 0 Å². The molecule has 1 N–H and O–H groups in total. The van der Waals surface area contributed by atoms with E-state index in [1.807, 2.05) is 14.0 Å². The molecule has 0 saturated carbocycles. The zero-order valence-corrected chi connectivity index (χ0v) is 12.0. The van der Waals surface area contributed by atoms with Crippen molar-refractivity contribution in [2.24, 2.45) is 0 Å². The van der Waals surface area contributed by atoms with E-state index in [-0.39, 0.29) is 5.91 Å². The molecule has 0 saturated heterocycles. The fourth-order valence-corrected chi connectivity index (χ4v) is 2.73. The number of ether oxygens (including phenoxy) is 1. The summed E-state index contributed by atoms with van der Waals surface area (Å²) >= 11 is 6.52. The molecule has 4 nitrogen and oxygen atoms in total. The fraction of sp³-hybridized carbons (Fsp3) is 0.636. The Morgan fingerprint density at radius 1 is 1.59 bits per heavy atom. The summed E-state index contributed by atoms with van der Waals surface area (Å²) in [7, 11) is 3.48. The van der Waals surface area contributed by atoms with Crippen LogP contribution in [0.5, 0.6) is 0 Å². The molecule has 6 heteroatoms. The van der Waals surface area contributed by atoms with Crippen LogP contribution in [-0.4, -0.2) is 43.1 Å². The normalized spacial score (nSPS) is 10.5. The van der Waals surface area contributed by atoms with Crippen LogP contribution in [0, 0.1) is 10.9 Å². The Balaban J connectivity index is 2.48. The summed E-state index contributed by atoms with van der Waals surface area (Å²) in [6.07, 6.45) is 1.29. The van der Waals surface area contributed by atoms with Gasteiger partial charge in [-0.1, -0.05) is 0 Å². The number of nitrogens with zero attached hydrogens (tertiary/aromatic N) is 1. The summed E-state index contributed by atoms with van der Waals surface area (Å²) < 4.78 is 5.69. The maximum absolute atomic E-state index is 11.9. The summed E-state index contributed by atoms with van der Waals surface area (Å²) in [4.78, 5) is 17.7. The zero-order chi connectivity index (χ0) is 12.8. The molecule has 0 radical (unpaired) electrons. The van der Waals surface area contributed by atoms with Crippen LogP contribution in [-0.2, 0) is 16.0 Å². The van der Waals surface area contributed by atoms with Crippen LogP contribution >= 0.6 is 23.6 Å². The number of aromatic amines is 1. The number of carbonyl (C=O) groups excluding carboxylic acids is 1. The second-order valence-electron chi connectivity index (χ2n) is 3.90. The number of amides is 1. The Bertz CT molecular complexity index is 425. The van der Waals surface area contributed by atoms with E-state index in [0.717, 1.165) is 27.5 Å². The highest BCUT2D eigenvalue weighted by Crippen LogP contribution is 2.15. The second-order valence-corrected chi connectivity index (χ2v) is 5.67. The van der Waals surface area contributed by atoms with E-state index < -0.39 is 0 Å². The van der Waals surface area contributed by atoms with Crippen LogP contribution < -0.4 is 0 Å². The molecule has 0 aromatic carbocycles. The van der Waals surface area contributed by atoms with Crippen molar-refractivity contribution in [2.45, 2.75) is 19.8 Å². The van der Waals surface area contributed by atoms with Crippen molar-refractivity contribution in [1.82, 2.24) is 9.88 Å². The van der Waals surface area contributed by atoms with Crippen molar-refractivity contribution in [2.75, 3.05) is 27.3 Å². The lowest BCUT2D eigenvalue weighted by Crippen LogP contribution is -2.29. The molecule has 1 aromatic heterocycles. The van der Waals surface area contributed by atoms with E-state index in [1.165, 1.54) is 11.3 Å². The van der Waals surface area contributed by atoms with Crippen LogP contribution in [0.1, 0.15) is 17.0 Å². The molecule has 0 aliphatic rings. The summed E-state index contributed by atoms with van der Waals surface area (Å²) in [6.45, 7) is 3.35. The molecule has 0 atom stereocenters. The average molecular weight is 274 g/mol. The molecular formula is C11H18N2O2S2. The van der Waals surface area contributed by atoms with E-state index in [4.69, 9.17) is 17.0 Å². The molecule has 1 heterocycles. The second kappa shape index (κ2) is 6.88. The number of rotatable bonds is 6. The Kier molecular flexibility index (Phi) is 5.80. The minimum atomic E-state index is 0.120. The van der Waals surface area contributed by atoms with Gasteiger partial charge < -0.3 is 14.6 Å². The minimum Gasteiger partial charge on any atom is -0.385 e. The molecule has 0 aliphatic heterocycles. The Morgan fingerprint density at radius 3 is 2.82 bits per heavy atom. The molecule has 0 bridgehead atoms. The van der Waals surface area contributed by atoms with Gasteiger partial charge in [-0.2, -0.15) is 0 Å². The molecule has 96 valence electrons. The van der Waals surface area contributed by atoms with Gasteiger partial charge in [0.15, 0.2) is 3.95 Å². The highest BCUT2D eigenvalue weighted by molar-refractivity contribution is 7.73. The molecule has 0 spiro atoms. The lowest BCUT2D eigenvalue weighted by molar-refractivity contribution is -0.129. The van der Waals surface area contributed by atoms with Gasteiger partial charge in [0.25, 0.3) is 0 Å². The zero-order valence-electron chi connectivity index (χ0n) is 10.4. The van der Waals surface area contributed by atoms with Gasteiger partial charge in [-0.15, -0.1) is 11.3 Å². The Hall–Kier alpha value is -0.720. The molecule has 1 aromatic rings. The summed E-state index contributed by atoms with van der Waals surface area (Å²) in [5.41, 5.74) is 0.999. The van der Waals surface area contributed by atoms with Gasteiger partial charge in [-0.3, -0.25) is 4.79 Å². The van der Waals surface area contributed by atoms with Gasteiger partial charge in [0, 0.05) is 37.9 Å². The number of methoxy groups -OCH3 is 1. The van der Waals surface area contributed by atoms with E-state index in [1.54, 1.807) is 12.0 Å². The number of H-pyrrole nitrogens is 1. The predicted molar refractivity (Wildman–Crippen MR) is 72.1 cm³/mol. The van der Waals surface area contributed by atoms with Crippen molar-refractivity contribution in [3.05, 3.63) is 14.5 Å². The first-order valence-corrected chi connectivity index (χ1v) is 6.68. The van der Waals surface area contributed by atoms with Crippen LogP contribution in [0.15, 0.2) is 0 Å². The monoisotopic (exact) mass is 274 g/mol.